The summed E-state index contributed by atoms with van der Waals surface area (Å²) in [5.41, 5.74) is 2.70. The Kier molecular flexibility index (Phi) is 6.16. The number of rotatable bonds is 5. The molecular formula is C18H27N3O2. The van der Waals surface area contributed by atoms with E-state index >= 15 is 0 Å². The van der Waals surface area contributed by atoms with Gasteiger partial charge in [0.15, 0.2) is 0 Å². The van der Waals surface area contributed by atoms with Crippen LogP contribution in [-0.2, 0) is 16.1 Å². The van der Waals surface area contributed by atoms with Crippen molar-refractivity contribution in [3.05, 3.63) is 35.4 Å². The number of benzene rings is 1. The largest absolute Gasteiger partial charge is 0.351 e. The van der Waals surface area contributed by atoms with E-state index in [4.69, 9.17) is 0 Å². The first kappa shape index (κ1) is 17.5. The van der Waals surface area contributed by atoms with Crippen LogP contribution in [0.4, 0.5) is 0 Å². The number of carbonyl (C=O) groups is 2. The van der Waals surface area contributed by atoms with Crippen molar-refractivity contribution >= 4 is 11.8 Å². The zero-order valence-corrected chi connectivity index (χ0v) is 14.3. The second kappa shape index (κ2) is 8.11. The summed E-state index contributed by atoms with van der Waals surface area (Å²) in [6.45, 7) is 8.21. The summed E-state index contributed by atoms with van der Waals surface area (Å²) in [4.78, 5) is 25.5. The van der Waals surface area contributed by atoms with Crippen molar-refractivity contribution < 1.29 is 9.59 Å². The number of nitrogens with zero attached hydrogens (tertiary/aromatic N) is 1. The van der Waals surface area contributed by atoms with Gasteiger partial charge in [0.1, 0.15) is 6.04 Å². The van der Waals surface area contributed by atoms with Crippen LogP contribution in [0.5, 0.6) is 0 Å². The van der Waals surface area contributed by atoms with E-state index in [-0.39, 0.29) is 17.9 Å². The van der Waals surface area contributed by atoms with Gasteiger partial charge >= 0.3 is 0 Å². The number of aryl methyl sites for hydroxylation is 1. The van der Waals surface area contributed by atoms with Crippen LogP contribution in [0.2, 0.25) is 0 Å². The summed E-state index contributed by atoms with van der Waals surface area (Å²) < 4.78 is 0. The molecule has 2 amide bonds. The molecule has 1 aromatic rings. The molecular weight excluding hydrogens is 290 g/mol. The first-order valence-electron chi connectivity index (χ1n) is 8.30. The smallest absolute Gasteiger partial charge is 0.242 e. The molecule has 126 valence electrons. The van der Waals surface area contributed by atoms with Gasteiger partial charge in [-0.05, 0) is 37.8 Å². The van der Waals surface area contributed by atoms with Gasteiger partial charge in [0.25, 0.3) is 0 Å². The number of piperidine rings is 1. The minimum atomic E-state index is -0.475. The Labute approximate surface area is 138 Å². The number of carbonyl (C=O) groups excluding carboxylic acids is 2. The highest BCUT2D eigenvalue weighted by Crippen LogP contribution is 2.16. The molecule has 0 bridgehead atoms. The standard InChI is InChI=1S/C18H27N3O2/c1-13-6-4-5-7-16(13)12-21-10-8-17(9-11-21)20-18(23)14(2)19-15(3)22/h4-7,14,17H,8-12H2,1-3H3,(H,19,22)(H,20,23). The van der Waals surface area contributed by atoms with Gasteiger partial charge in [-0.15, -0.1) is 0 Å². The predicted molar refractivity (Wildman–Crippen MR) is 90.9 cm³/mol. The zero-order valence-electron chi connectivity index (χ0n) is 14.3. The van der Waals surface area contributed by atoms with Gasteiger partial charge in [0.2, 0.25) is 11.8 Å². The Morgan fingerprint density at radius 2 is 1.91 bits per heavy atom. The molecule has 0 spiro atoms. The van der Waals surface area contributed by atoms with Crippen LogP contribution in [0.25, 0.3) is 0 Å². The summed E-state index contributed by atoms with van der Waals surface area (Å²) >= 11 is 0. The van der Waals surface area contributed by atoms with E-state index < -0.39 is 6.04 Å². The van der Waals surface area contributed by atoms with Crippen LogP contribution >= 0.6 is 0 Å². The van der Waals surface area contributed by atoms with Crippen molar-refractivity contribution in [3.8, 4) is 0 Å². The third-order valence-electron chi connectivity index (χ3n) is 4.40. The number of nitrogens with one attached hydrogen (secondary N) is 2. The molecule has 1 aliphatic heterocycles. The molecule has 0 radical (unpaired) electrons. The van der Waals surface area contributed by atoms with Gasteiger partial charge < -0.3 is 10.6 Å². The van der Waals surface area contributed by atoms with Gasteiger partial charge in [0, 0.05) is 32.6 Å². The molecule has 1 fully saturated rings. The van der Waals surface area contributed by atoms with Crippen LogP contribution in [0.15, 0.2) is 24.3 Å². The van der Waals surface area contributed by atoms with E-state index in [9.17, 15) is 9.59 Å². The summed E-state index contributed by atoms with van der Waals surface area (Å²) in [7, 11) is 0. The molecule has 2 N–H and O–H groups in total. The van der Waals surface area contributed by atoms with Gasteiger partial charge in [0.05, 0.1) is 0 Å². The Balaban J connectivity index is 1.77. The van der Waals surface area contributed by atoms with Crippen molar-refractivity contribution in [2.45, 2.75) is 52.2 Å². The molecule has 1 atom stereocenters. The maximum atomic E-state index is 12.0. The molecule has 5 nitrogen and oxygen atoms in total. The van der Waals surface area contributed by atoms with Crippen molar-refractivity contribution in [2.75, 3.05) is 13.1 Å². The van der Waals surface area contributed by atoms with Crippen LogP contribution < -0.4 is 10.6 Å². The predicted octanol–water partition coefficient (Wildman–Crippen LogP) is 1.60. The number of amides is 2. The lowest BCUT2D eigenvalue weighted by Crippen LogP contribution is -2.50. The number of hydrogen-bond donors (Lipinski definition) is 2. The maximum absolute atomic E-state index is 12.0. The fraction of sp³-hybridized carbons (Fsp3) is 0.556. The normalized spacial score (nSPS) is 17.5. The van der Waals surface area contributed by atoms with Gasteiger partial charge in [-0.1, -0.05) is 24.3 Å². The molecule has 0 aliphatic carbocycles. The van der Waals surface area contributed by atoms with E-state index in [1.807, 2.05) is 0 Å². The highest BCUT2D eigenvalue weighted by atomic mass is 16.2. The SMILES string of the molecule is CC(=O)NC(C)C(=O)NC1CCN(Cc2ccccc2C)CC1. The molecule has 1 heterocycles. The molecule has 1 aliphatic rings. The van der Waals surface area contributed by atoms with Crippen molar-refractivity contribution in [3.63, 3.8) is 0 Å². The minimum Gasteiger partial charge on any atom is -0.351 e. The molecule has 1 aromatic carbocycles. The number of likely N-dealkylation sites (tertiary alicyclic amines) is 1. The Hall–Kier alpha value is -1.88. The van der Waals surface area contributed by atoms with Gasteiger partial charge in [-0.2, -0.15) is 0 Å². The molecule has 23 heavy (non-hydrogen) atoms. The second-order valence-corrected chi connectivity index (χ2v) is 6.41. The van der Waals surface area contributed by atoms with E-state index in [2.05, 4.69) is 46.7 Å². The molecule has 0 aromatic heterocycles. The van der Waals surface area contributed by atoms with Gasteiger partial charge in [-0.3, -0.25) is 14.5 Å². The lowest BCUT2D eigenvalue weighted by Gasteiger charge is -2.33. The molecule has 2 rings (SSSR count). The monoisotopic (exact) mass is 317 g/mol. The summed E-state index contributed by atoms with van der Waals surface area (Å²) in [6, 6.07) is 8.20. The highest BCUT2D eigenvalue weighted by molar-refractivity contribution is 5.86. The van der Waals surface area contributed by atoms with Crippen LogP contribution in [0.3, 0.4) is 0 Å². The van der Waals surface area contributed by atoms with Crippen molar-refractivity contribution in [1.82, 2.24) is 15.5 Å². The van der Waals surface area contributed by atoms with Crippen LogP contribution in [-0.4, -0.2) is 41.9 Å². The third-order valence-corrected chi connectivity index (χ3v) is 4.40. The Bertz CT molecular complexity index is 551. The summed E-state index contributed by atoms with van der Waals surface area (Å²) in [5.74, 6) is -0.279. The van der Waals surface area contributed by atoms with E-state index in [0.29, 0.717) is 0 Å². The van der Waals surface area contributed by atoms with E-state index in [1.165, 1.54) is 18.1 Å². The quantitative estimate of drug-likeness (QED) is 0.867. The lowest BCUT2D eigenvalue weighted by molar-refractivity contribution is -0.128. The van der Waals surface area contributed by atoms with Gasteiger partial charge in [-0.25, -0.2) is 0 Å². The first-order chi connectivity index (χ1) is 11.0. The van der Waals surface area contributed by atoms with E-state index in [1.54, 1.807) is 6.92 Å². The lowest BCUT2D eigenvalue weighted by atomic mass is 10.0. The number of hydrogen-bond acceptors (Lipinski definition) is 3. The average Bonchev–Trinajstić information content (AvgIpc) is 2.50. The average molecular weight is 317 g/mol. The zero-order chi connectivity index (χ0) is 16.8. The van der Waals surface area contributed by atoms with E-state index in [0.717, 1.165) is 32.5 Å². The topological polar surface area (TPSA) is 61.4 Å². The van der Waals surface area contributed by atoms with Crippen LogP contribution in [0, 0.1) is 6.92 Å². The highest BCUT2D eigenvalue weighted by Gasteiger charge is 2.23. The summed E-state index contributed by atoms with van der Waals surface area (Å²) in [6.07, 6.45) is 1.90. The Morgan fingerprint density at radius 3 is 2.52 bits per heavy atom. The molecule has 1 unspecified atom stereocenters. The Morgan fingerprint density at radius 1 is 1.26 bits per heavy atom. The van der Waals surface area contributed by atoms with Crippen molar-refractivity contribution in [1.29, 1.82) is 0 Å². The second-order valence-electron chi connectivity index (χ2n) is 6.41. The fourth-order valence-corrected chi connectivity index (χ4v) is 2.96. The molecule has 0 saturated carbocycles. The molecule has 5 heteroatoms. The first-order valence-corrected chi connectivity index (χ1v) is 8.30. The maximum Gasteiger partial charge on any atom is 0.242 e. The summed E-state index contributed by atoms with van der Waals surface area (Å²) in [5, 5.41) is 5.66. The molecule has 1 saturated heterocycles. The van der Waals surface area contributed by atoms with Crippen LogP contribution in [0.1, 0.15) is 37.8 Å². The van der Waals surface area contributed by atoms with Crippen molar-refractivity contribution in [2.24, 2.45) is 0 Å². The minimum absolute atomic E-state index is 0.0995. The fourth-order valence-electron chi connectivity index (χ4n) is 2.96. The third kappa shape index (κ3) is 5.36.